The van der Waals surface area contributed by atoms with Gasteiger partial charge in [-0.15, -0.1) is 0 Å². The molecule has 9 nitrogen and oxygen atoms in total. The summed E-state index contributed by atoms with van der Waals surface area (Å²) in [5, 5.41) is 12.8. The highest BCUT2D eigenvalue weighted by Crippen LogP contribution is 2.33. The number of para-hydroxylation sites is 1. The Bertz CT molecular complexity index is 1010. The Kier molecular flexibility index (Phi) is 4.64. The zero-order valence-corrected chi connectivity index (χ0v) is 15.1. The van der Waals surface area contributed by atoms with Crippen molar-refractivity contribution in [3.63, 3.8) is 0 Å². The number of nitrogens with one attached hydrogen (secondary N) is 1. The van der Waals surface area contributed by atoms with Crippen molar-refractivity contribution >= 4 is 11.7 Å². The van der Waals surface area contributed by atoms with Crippen LogP contribution in [0.15, 0.2) is 29.6 Å². The van der Waals surface area contributed by atoms with E-state index in [-0.39, 0.29) is 37.0 Å². The lowest BCUT2D eigenvalue weighted by Gasteiger charge is -2.21. The molecule has 4 rings (SSSR count). The molecule has 9 heteroatoms. The van der Waals surface area contributed by atoms with Gasteiger partial charge in [0.15, 0.2) is 28.8 Å². The third-order valence-electron chi connectivity index (χ3n) is 4.49. The summed E-state index contributed by atoms with van der Waals surface area (Å²) in [6.07, 6.45) is 0.767. The molecular weight excluding hydrogens is 366 g/mol. The molecule has 2 aliphatic heterocycles. The maximum Gasteiger partial charge on any atom is 0.297 e. The van der Waals surface area contributed by atoms with Crippen molar-refractivity contribution in [2.24, 2.45) is 0 Å². The summed E-state index contributed by atoms with van der Waals surface area (Å²) in [4.78, 5) is 29.0. The molecule has 2 aromatic rings. The Morgan fingerprint density at radius 1 is 1.25 bits per heavy atom. The van der Waals surface area contributed by atoms with Crippen LogP contribution in [-0.4, -0.2) is 40.4 Å². The second-order valence-corrected chi connectivity index (χ2v) is 6.34. The topological polar surface area (TPSA) is 112 Å². The van der Waals surface area contributed by atoms with E-state index in [1.54, 1.807) is 18.2 Å². The van der Waals surface area contributed by atoms with Crippen molar-refractivity contribution in [2.45, 2.75) is 19.5 Å². The summed E-state index contributed by atoms with van der Waals surface area (Å²) in [7, 11) is 0. The smallest absolute Gasteiger partial charge is 0.297 e. The third-order valence-corrected chi connectivity index (χ3v) is 4.49. The third kappa shape index (κ3) is 3.15. The molecular formula is C19H19N3O6. The fourth-order valence-corrected chi connectivity index (χ4v) is 3.10. The number of amides is 1. The average Bonchev–Trinajstić information content (AvgIpc) is 2.95. The normalized spacial score (nSPS) is 15.2. The molecule has 28 heavy (non-hydrogen) atoms. The summed E-state index contributed by atoms with van der Waals surface area (Å²) in [6.45, 7) is 5.36. The van der Waals surface area contributed by atoms with Gasteiger partial charge < -0.3 is 24.6 Å². The highest BCUT2D eigenvalue weighted by molar-refractivity contribution is 5.95. The van der Waals surface area contributed by atoms with E-state index < -0.39 is 17.2 Å². The average molecular weight is 385 g/mol. The predicted molar refractivity (Wildman–Crippen MR) is 98.4 cm³/mol. The number of carbonyl (C=O) groups is 1. The van der Waals surface area contributed by atoms with E-state index in [1.165, 1.54) is 4.57 Å². The molecule has 146 valence electrons. The first-order chi connectivity index (χ1) is 13.6. The number of rotatable bonds is 3. The van der Waals surface area contributed by atoms with Gasteiger partial charge >= 0.3 is 0 Å². The van der Waals surface area contributed by atoms with Gasteiger partial charge in [-0.05, 0) is 6.07 Å². The van der Waals surface area contributed by atoms with Crippen molar-refractivity contribution in [3.8, 4) is 17.2 Å². The van der Waals surface area contributed by atoms with Gasteiger partial charge in [-0.3, -0.25) is 14.2 Å². The summed E-state index contributed by atoms with van der Waals surface area (Å²) in [5.74, 6) is 0.0993. The highest BCUT2D eigenvalue weighted by Gasteiger charge is 2.25. The molecule has 0 spiro atoms. The van der Waals surface area contributed by atoms with E-state index in [9.17, 15) is 14.7 Å². The van der Waals surface area contributed by atoms with Gasteiger partial charge in [-0.2, -0.15) is 0 Å². The van der Waals surface area contributed by atoms with Gasteiger partial charge in [0.1, 0.15) is 6.61 Å². The van der Waals surface area contributed by atoms with Crippen LogP contribution in [0, 0.1) is 0 Å². The molecule has 2 N–H and O–H groups in total. The van der Waals surface area contributed by atoms with Gasteiger partial charge in [0.05, 0.1) is 19.8 Å². The summed E-state index contributed by atoms with van der Waals surface area (Å²) in [6, 6.07) is 5.41. The van der Waals surface area contributed by atoms with Crippen molar-refractivity contribution in [2.75, 3.05) is 19.8 Å². The lowest BCUT2D eigenvalue weighted by molar-refractivity contribution is 0.0941. The number of nitrogens with zero attached hydrogens (tertiary/aromatic N) is 2. The van der Waals surface area contributed by atoms with E-state index >= 15 is 0 Å². The van der Waals surface area contributed by atoms with Crippen molar-refractivity contribution in [1.82, 2.24) is 14.9 Å². The van der Waals surface area contributed by atoms with Crippen LogP contribution in [-0.2, 0) is 17.8 Å². The van der Waals surface area contributed by atoms with Gasteiger partial charge in [0.25, 0.3) is 11.5 Å². The number of aromatic hydroxyl groups is 1. The van der Waals surface area contributed by atoms with Crippen LogP contribution in [0.3, 0.4) is 0 Å². The van der Waals surface area contributed by atoms with Gasteiger partial charge in [-0.25, -0.2) is 4.98 Å². The van der Waals surface area contributed by atoms with Crippen LogP contribution >= 0.6 is 0 Å². The first kappa shape index (κ1) is 17.9. The highest BCUT2D eigenvalue weighted by atomic mass is 16.5. The Hall–Kier alpha value is -3.49. The first-order valence-corrected chi connectivity index (χ1v) is 8.88. The maximum atomic E-state index is 12.6. The first-order valence-electron chi connectivity index (χ1n) is 8.88. The van der Waals surface area contributed by atoms with Crippen LogP contribution in [0.1, 0.15) is 28.3 Å². The van der Waals surface area contributed by atoms with Crippen LogP contribution < -0.4 is 20.3 Å². The second kappa shape index (κ2) is 7.26. The van der Waals surface area contributed by atoms with Gasteiger partial charge in [0.2, 0.25) is 5.75 Å². The summed E-state index contributed by atoms with van der Waals surface area (Å²) in [5.41, 5.74) is -0.360. The Labute approximate surface area is 160 Å². The molecule has 3 heterocycles. The quantitative estimate of drug-likeness (QED) is 0.812. The molecule has 0 radical (unpaired) electrons. The molecule has 2 aliphatic rings. The largest absolute Gasteiger partial charge is 0.501 e. The Morgan fingerprint density at radius 3 is 2.93 bits per heavy atom. The maximum absolute atomic E-state index is 12.6. The predicted octanol–water partition coefficient (Wildman–Crippen LogP) is 1.04. The van der Waals surface area contributed by atoms with E-state index in [0.717, 1.165) is 12.0 Å². The van der Waals surface area contributed by atoms with E-state index in [0.29, 0.717) is 24.7 Å². The molecule has 0 saturated carbocycles. The lowest BCUT2D eigenvalue weighted by Crippen LogP contribution is -2.34. The van der Waals surface area contributed by atoms with Crippen molar-refractivity contribution in [3.05, 3.63) is 52.2 Å². The molecule has 1 aromatic carbocycles. The molecule has 1 aromatic heterocycles. The minimum atomic E-state index is -0.706. The molecule has 0 aliphatic carbocycles. The SMILES string of the molecule is C=C1OCCn2c1nc(C(=O)NCc1cccc3c1OCCCO3)c(O)c2=O. The summed E-state index contributed by atoms with van der Waals surface area (Å²) >= 11 is 0. The molecule has 0 atom stereocenters. The van der Waals surface area contributed by atoms with E-state index in [4.69, 9.17) is 14.2 Å². The number of hydrogen-bond acceptors (Lipinski definition) is 7. The zero-order valence-electron chi connectivity index (χ0n) is 15.1. The van der Waals surface area contributed by atoms with Crippen LogP contribution in [0.25, 0.3) is 5.76 Å². The number of hydrogen-bond donors (Lipinski definition) is 2. The molecule has 0 fully saturated rings. The number of ether oxygens (including phenoxy) is 3. The Morgan fingerprint density at radius 2 is 2.07 bits per heavy atom. The van der Waals surface area contributed by atoms with Gasteiger partial charge in [-0.1, -0.05) is 18.7 Å². The number of fused-ring (bicyclic) bond motifs is 2. The fourth-order valence-electron chi connectivity index (χ4n) is 3.10. The van der Waals surface area contributed by atoms with Crippen LogP contribution in [0.4, 0.5) is 0 Å². The van der Waals surface area contributed by atoms with Crippen LogP contribution in [0.2, 0.25) is 0 Å². The van der Waals surface area contributed by atoms with Crippen LogP contribution in [0.5, 0.6) is 17.2 Å². The number of carbonyl (C=O) groups excluding carboxylic acids is 1. The molecule has 1 amide bonds. The van der Waals surface area contributed by atoms with Crippen molar-refractivity contribution in [1.29, 1.82) is 0 Å². The molecule has 0 saturated heterocycles. The fraction of sp³-hybridized carbons (Fsp3) is 0.316. The molecule has 0 bridgehead atoms. The number of benzene rings is 1. The number of aromatic nitrogens is 2. The van der Waals surface area contributed by atoms with Crippen molar-refractivity contribution < 1.29 is 24.1 Å². The van der Waals surface area contributed by atoms with Gasteiger partial charge in [0, 0.05) is 18.5 Å². The van der Waals surface area contributed by atoms with E-state index in [2.05, 4.69) is 16.9 Å². The Balaban J connectivity index is 1.59. The second-order valence-electron chi connectivity index (χ2n) is 6.34. The monoisotopic (exact) mass is 385 g/mol. The summed E-state index contributed by atoms with van der Waals surface area (Å²) < 4.78 is 17.9. The minimum absolute atomic E-state index is 0.113. The standard InChI is InChI=1S/C19H19N3O6/c1-11-17-21-14(15(23)19(25)22(17)6-9-26-11)18(24)20-10-12-4-2-5-13-16(12)28-8-3-7-27-13/h2,4-5,23H,1,3,6-10H2,(H,20,24). The lowest BCUT2D eigenvalue weighted by atomic mass is 10.1. The molecule has 0 unspecified atom stereocenters. The van der Waals surface area contributed by atoms with E-state index in [1.807, 2.05) is 0 Å². The zero-order chi connectivity index (χ0) is 19.7. The minimum Gasteiger partial charge on any atom is -0.501 e.